The third kappa shape index (κ3) is 6.33. The summed E-state index contributed by atoms with van der Waals surface area (Å²) in [6, 6.07) is 14.8. The van der Waals surface area contributed by atoms with Crippen molar-refractivity contribution in [3.8, 4) is 0 Å². The molecule has 5 nitrogen and oxygen atoms in total. The van der Waals surface area contributed by atoms with Gasteiger partial charge in [-0.2, -0.15) is 0 Å². The van der Waals surface area contributed by atoms with Gasteiger partial charge in [0.25, 0.3) is 11.8 Å². The van der Waals surface area contributed by atoms with Crippen molar-refractivity contribution in [1.29, 1.82) is 0 Å². The van der Waals surface area contributed by atoms with Gasteiger partial charge < -0.3 is 15.5 Å². The monoisotopic (exact) mass is 353 g/mol. The van der Waals surface area contributed by atoms with E-state index in [2.05, 4.69) is 15.5 Å². The smallest absolute Gasteiger partial charge is 0.251 e. The van der Waals surface area contributed by atoms with Gasteiger partial charge in [-0.1, -0.05) is 35.9 Å². The molecule has 2 aromatic rings. The first kappa shape index (κ1) is 19.7. The van der Waals surface area contributed by atoms with Crippen LogP contribution in [0.2, 0.25) is 0 Å². The van der Waals surface area contributed by atoms with E-state index < -0.39 is 0 Å². The predicted molar refractivity (Wildman–Crippen MR) is 104 cm³/mol. The highest BCUT2D eigenvalue weighted by atomic mass is 16.2. The Balaban J connectivity index is 1.90. The van der Waals surface area contributed by atoms with E-state index in [0.29, 0.717) is 24.2 Å². The summed E-state index contributed by atoms with van der Waals surface area (Å²) in [5.41, 5.74) is 3.19. The molecule has 0 bridgehead atoms. The number of aryl methyl sites for hydroxylation is 1. The lowest BCUT2D eigenvalue weighted by Crippen LogP contribution is -2.28. The summed E-state index contributed by atoms with van der Waals surface area (Å²) in [6.45, 7) is 4.01. The fourth-order valence-corrected chi connectivity index (χ4v) is 2.61. The predicted octanol–water partition coefficient (Wildman–Crippen LogP) is 2.61. The molecule has 2 rings (SSSR count). The van der Waals surface area contributed by atoms with Crippen molar-refractivity contribution in [2.45, 2.75) is 19.9 Å². The summed E-state index contributed by atoms with van der Waals surface area (Å²) >= 11 is 0. The highest BCUT2D eigenvalue weighted by molar-refractivity contribution is 5.99. The molecule has 2 amide bonds. The third-order valence-electron chi connectivity index (χ3n) is 3.99. The molecular weight excluding hydrogens is 326 g/mol. The van der Waals surface area contributed by atoms with Gasteiger partial charge in [0.1, 0.15) is 0 Å². The van der Waals surface area contributed by atoms with Crippen LogP contribution < -0.4 is 10.6 Å². The van der Waals surface area contributed by atoms with Crippen LogP contribution in [0.4, 0.5) is 0 Å². The number of nitrogens with zero attached hydrogens (tertiary/aromatic N) is 1. The van der Waals surface area contributed by atoms with Crippen LogP contribution in [0.1, 0.15) is 38.3 Å². The number of carbonyl (C=O) groups excluding carboxylic acids is 2. The van der Waals surface area contributed by atoms with Gasteiger partial charge in [-0.05, 0) is 57.7 Å². The summed E-state index contributed by atoms with van der Waals surface area (Å²) in [5, 5.41) is 5.78. The van der Waals surface area contributed by atoms with E-state index in [4.69, 9.17) is 0 Å². The van der Waals surface area contributed by atoms with Gasteiger partial charge in [-0.3, -0.25) is 9.59 Å². The van der Waals surface area contributed by atoms with Crippen molar-refractivity contribution in [2.24, 2.45) is 0 Å². The highest BCUT2D eigenvalue weighted by Crippen LogP contribution is 2.07. The molecular formula is C21H27N3O2. The van der Waals surface area contributed by atoms with Gasteiger partial charge in [-0.25, -0.2) is 0 Å². The maximum atomic E-state index is 12.4. The normalized spacial score (nSPS) is 10.6. The first-order valence-electron chi connectivity index (χ1n) is 8.82. The Morgan fingerprint density at radius 1 is 0.923 bits per heavy atom. The second-order valence-corrected chi connectivity index (χ2v) is 6.67. The minimum absolute atomic E-state index is 0.155. The number of hydrogen-bond donors (Lipinski definition) is 2. The molecule has 0 heterocycles. The molecule has 26 heavy (non-hydrogen) atoms. The van der Waals surface area contributed by atoms with Crippen LogP contribution >= 0.6 is 0 Å². The fraction of sp³-hybridized carbons (Fsp3) is 0.333. The van der Waals surface area contributed by atoms with E-state index in [1.54, 1.807) is 24.3 Å². The lowest BCUT2D eigenvalue weighted by Gasteiger charge is -2.10. The summed E-state index contributed by atoms with van der Waals surface area (Å²) in [5.74, 6) is -0.342. The van der Waals surface area contributed by atoms with Crippen molar-refractivity contribution < 1.29 is 9.59 Å². The van der Waals surface area contributed by atoms with Crippen LogP contribution in [-0.2, 0) is 6.54 Å². The zero-order valence-corrected chi connectivity index (χ0v) is 15.7. The van der Waals surface area contributed by atoms with E-state index in [9.17, 15) is 9.59 Å². The first-order chi connectivity index (χ1) is 12.5. The molecule has 0 spiro atoms. The fourth-order valence-electron chi connectivity index (χ4n) is 2.61. The van der Waals surface area contributed by atoms with Gasteiger partial charge in [0, 0.05) is 24.2 Å². The molecule has 2 aromatic carbocycles. The summed E-state index contributed by atoms with van der Waals surface area (Å²) in [4.78, 5) is 26.7. The molecule has 138 valence electrons. The van der Waals surface area contributed by atoms with Gasteiger partial charge in [-0.15, -0.1) is 0 Å². The van der Waals surface area contributed by atoms with Crippen molar-refractivity contribution in [2.75, 3.05) is 27.2 Å². The molecule has 0 unspecified atom stereocenters. The quantitative estimate of drug-likeness (QED) is 0.717. The second-order valence-electron chi connectivity index (χ2n) is 6.67. The van der Waals surface area contributed by atoms with E-state index in [1.165, 1.54) is 0 Å². The lowest BCUT2D eigenvalue weighted by atomic mass is 10.1. The topological polar surface area (TPSA) is 61.4 Å². The maximum Gasteiger partial charge on any atom is 0.251 e. The van der Waals surface area contributed by atoms with E-state index in [1.807, 2.05) is 45.3 Å². The van der Waals surface area contributed by atoms with E-state index >= 15 is 0 Å². The largest absolute Gasteiger partial charge is 0.352 e. The molecule has 0 aliphatic rings. The van der Waals surface area contributed by atoms with Crippen molar-refractivity contribution >= 4 is 11.8 Å². The highest BCUT2D eigenvalue weighted by Gasteiger charge is 2.10. The number of carbonyl (C=O) groups is 2. The third-order valence-corrected chi connectivity index (χ3v) is 3.99. The molecule has 0 radical (unpaired) electrons. The van der Waals surface area contributed by atoms with Crippen LogP contribution in [-0.4, -0.2) is 43.9 Å². The molecule has 0 saturated carbocycles. The minimum atomic E-state index is -0.186. The molecule has 2 N–H and O–H groups in total. The average Bonchev–Trinajstić information content (AvgIpc) is 2.63. The van der Waals surface area contributed by atoms with Crippen LogP contribution in [0, 0.1) is 6.92 Å². The average molecular weight is 353 g/mol. The van der Waals surface area contributed by atoms with Crippen LogP contribution in [0.5, 0.6) is 0 Å². The molecule has 0 aliphatic carbocycles. The second kappa shape index (κ2) is 9.73. The van der Waals surface area contributed by atoms with Gasteiger partial charge in [0.05, 0.1) is 0 Å². The van der Waals surface area contributed by atoms with Crippen molar-refractivity contribution in [1.82, 2.24) is 15.5 Å². The summed E-state index contributed by atoms with van der Waals surface area (Å²) in [7, 11) is 4.00. The summed E-state index contributed by atoms with van der Waals surface area (Å²) in [6.07, 6.45) is 0.884. The van der Waals surface area contributed by atoms with Crippen LogP contribution in [0.3, 0.4) is 0 Å². The van der Waals surface area contributed by atoms with Gasteiger partial charge in [0.2, 0.25) is 0 Å². The Morgan fingerprint density at radius 2 is 1.58 bits per heavy atom. The number of nitrogens with one attached hydrogen (secondary N) is 2. The Morgan fingerprint density at radius 3 is 2.23 bits per heavy atom. The van der Waals surface area contributed by atoms with Crippen molar-refractivity contribution in [3.63, 3.8) is 0 Å². The van der Waals surface area contributed by atoms with Crippen LogP contribution in [0.25, 0.3) is 0 Å². The molecule has 0 aromatic heterocycles. The number of benzene rings is 2. The van der Waals surface area contributed by atoms with E-state index in [0.717, 1.165) is 24.1 Å². The first-order valence-corrected chi connectivity index (χ1v) is 8.82. The maximum absolute atomic E-state index is 12.4. The summed E-state index contributed by atoms with van der Waals surface area (Å²) < 4.78 is 0. The zero-order valence-electron chi connectivity index (χ0n) is 15.7. The number of rotatable bonds is 8. The molecule has 0 saturated heterocycles. The zero-order chi connectivity index (χ0) is 18.9. The Hall–Kier alpha value is -2.66. The molecule has 0 fully saturated rings. The van der Waals surface area contributed by atoms with E-state index in [-0.39, 0.29) is 11.8 Å². The SMILES string of the molecule is Cc1cccc(CNC(=O)c2cccc(C(=O)NCCCN(C)C)c2)c1. The number of hydrogen-bond acceptors (Lipinski definition) is 3. The molecule has 0 aliphatic heterocycles. The standard InChI is InChI=1S/C21H27N3O2/c1-16-7-4-8-17(13-16)15-23-21(26)19-10-5-9-18(14-19)20(25)22-11-6-12-24(2)3/h4-5,7-10,13-14H,6,11-12,15H2,1-3H3,(H,22,25)(H,23,26). The number of amides is 2. The van der Waals surface area contributed by atoms with Crippen LogP contribution in [0.15, 0.2) is 48.5 Å². The Kier molecular flexibility index (Phi) is 7.36. The lowest BCUT2D eigenvalue weighted by molar-refractivity contribution is 0.0950. The van der Waals surface area contributed by atoms with Gasteiger partial charge >= 0.3 is 0 Å². The molecule has 5 heteroatoms. The van der Waals surface area contributed by atoms with Crippen molar-refractivity contribution in [3.05, 3.63) is 70.8 Å². The Labute approximate surface area is 155 Å². The minimum Gasteiger partial charge on any atom is -0.352 e. The van der Waals surface area contributed by atoms with Gasteiger partial charge in [0.15, 0.2) is 0 Å². The Bertz CT molecular complexity index is 756. The molecule has 0 atom stereocenters.